The molecule has 0 radical (unpaired) electrons. The molecule has 0 saturated heterocycles. The van der Waals surface area contributed by atoms with Gasteiger partial charge in [0.15, 0.2) is 0 Å². The van der Waals surface area contributed by atoms with Crippen LogP contribution in [0.3, 0.4) is 0 Å². The summed E-state index contributed by atoms with van der Waals surface area (Å²) >= 11 is 0. The zero-order valence-electron chi connectivity index (χ0n) is 14.6. The minimum atomic E-state index is -0.639. The predicted molar refractivity (Wildman–Crippen MR) is 91.4 cm³/mol. The molecule has 7 nitrogen and oxygen atoms in total. The van der Waals surface area contributed by atoms with Crippen LogP contribution >= 0.6 is 0 Å². The summed E-state index contributed by atoms with van der Waals surface area (Å²) in [5, 5.41) is 7.83. The fraction of sp³-hybridized carbons (Fsp3) is 0.471. The number of carbonyl (C=O) groups is 3. The van der Waals surface area contributed by atoms with Crippen molar-refractivity contribution >= 4 is 23.6 Å². The maximum absolute atomic E-state index is 11.8. The van der Waals surface area contributed by atoms with Gasteiger partial charge in [-0.05, 0) is 38.5 Å². The number of hydrogen-bond donors (Lipinski definition) is 3. The van der Waals surface area contributed by atoms with E-state index in [0.29, 0.717) is 18.7 Å². The Morgan fingerprint density at radius 1 is 1.00 bits per heavy atom. The Hall–Kier alpha value is -2.57. The minimum absolute atomic E-state index is 0.0133. The lowest BCUT2D eigenvalue weighted by Crippen LogP contribution is -2.37. The summed E-state index contributed by atoms with van der Waals surface area (Å²) in [5.41, 5.74) is 0.932. The molecule has 0 bridgehead atoms. The van der Waals surface area contributed by atoms with E-state index in [4.69, 9.17) is 4.74 Å². The molecule has 7 heteroatoms. The number of carbonyl (C=O) groups excluding carboxylic acids is 3. The first-order chi connectivity index (χ1) is 11.2. The van der Waals surface area contributed by atoms with E-state index in [-0.39, 0.29) is 18.4 Å². The lowest BCUT2D eigenvalue weighted by molar-refractivity contribution is -0.121. The van der Waals surface area contributed by atoms with Gasteiger partial charge in [-0.2, -0.15) is 0 Å². The van der Waals surface area contributed by atoms with Crippen LogP contribution in [0.1, 0.15) is 39.7 Å². The molecule has 0 aromatic heterocycles. The van der Waals surface area contributed by atoms with Crippen LogP contribution in [-0.4, -0.2) is 30.1 Å². The van der Waals surface area contributed by atoms with Crippen molar-refractivity contribution in [3.63, 3.8) is 0 Å². The topological polar surface area (TPSA) is 96.5 Å². The Morgan fingerprint density at radius 2 is 1.62 bits per heavy atom. The highest BCUT2D eigenvalue weighted by atomic mass is 16.6. The van der Waals surface area contributed by atoms with Gasteiger partial charge < -0.3 is 20.7 Å². The van der Waals surface area contributed by atoms with E-state index in [0.717, 1.165) is 5.56 Å². The second-order valence-electron chi connectivity index (χ2n) is 6.23. The smallest absolute Gasteiger partial charge is 0.408 e. The molecule has 0 aliphatic carbocycles. The largest absolute Gasteiger partial charge is 0.444 e. The van der Waals surface area contributed by atoms with E-state index >= 15 is 0 Å². The number of alkyl carbamates (subject to hydrolysis) is 1. The third kappa shape index (κ3) is 8.17. The van der Waals surface area contributed by atoms with Crippen molar-refractivity contribution in [2.75, 3.05) is 11.9 Å². The van der Waals surface area contributed by atoms with Gasteiger partial charge >= 0.3 is 6.09 Å². The molecule has 0 heterocycles. The van der Waals surface area contributed by atoms with Crippen LogP contribution in [0, 0.1) is 0 Å². The van der Waals surface area contributed by atoms with Gasteiger partial charge in [0, 0.05) is 18.7 Å². The molecular weight excluding hydrogens is 310 g/mol. The molecule has 1 rings (SSSR count). The quantitative estimate of drug-likeness (QED) is 0.742. The first-order valence-electron chi connectivity index (χ1n) is 7.82. The number of ether oxygens (including phenoxy) is 1. The van der Waals surface area contributed by atoms with E-state index in [1.54, 1.807) is 39.8 Å². The van der Waals surface area contributed by atoms with Crippen LogP contribution in [0.4, 0.5) is 10.5 Å². The zero-order valence-corrected chi connectivity index (χ0v) is 14.6. The lowest BCUT2D eigenvalue weighted by atomic mass is 10.2. The highest BCUT2D eigenvalue weighted by Gasteiger charge is 2.16. The Morgan fingerprint density at radius 3 is 2.17 bits per heavy atom. The van der Waals surface area contributed by atoms with Crippen LogP contribution in [0.25, 0.3) is 0 Å². The van der Waals surface area contributed by atoms with Crippen molar-refractivity contribution in [1.29, 1.82) is 0 Å². The second kappa shape index (κ2) is 8.90. The van der Waals surface area contributed by atoms with Crippen LogP contribution in [-0.2, 0) is 20.9 Å². The molecule has 0 saturated carbocycles. The first-order valence-corrected chi connectivity index (χ1v) is 7.82. The van der Waals surface area contributed by atoms with Crippen LogP contribution in [0.15, 0.2) is 24.3 Å². The Kier molecular flexibility index (Phi) is 7.23. The lowest BCUT2D eigenvalue weighted by Gasteiger charge is -2.19. The highest BCUT2D eigenvalue weighted by Crippen LogP contribution is 2.09. The minimum Gasteiger partial charge on any atom is -0.444 e. The van der Waals surface area contributed by atoms with Gasteiger partial charge in [0.25, 0.3) is 0 Å². The second-order valence-corrected chi connectivity index (χ2v) is 6.23. The number of rotatable bonds is 6. The number of amides is 3. The predicted octanol–water partition coefficient (Wildman–Crippen LogP) is 2.18. The van der Waals surface area contributed by atoms with Gasteiger partial charge in [0.05, 0.1) is 0 Å². The number of benzene rings is 1. The van der Waals surface area contributed by atoms with Crippen molar-refractivity contribution < 1.29 is 19.1 Å². The SMILES string of the molecule is CCC(=O)NCc1ccc(NC(=O)CNC(=O)OC(C)(C)C)cc1. The fourth-order valence-corrected chi connectivity index (χ4v) is 1.70. The van der Waals surface area contributed by atoms with Crippen LogP contribution < -0.4 is 16.0 Å². The molecule has 0 unspecified atom stereocenters. The number of nitrogens with one attached hydrogen (secondary N) is 3. The van der Waals surface area contributed by atoms with E-state index in [1.165, 1.54) is 0 Å². The van der Waals surface area contributed by atoms with E-state index in [9.17, 15) is 14.4 Å². The molecule has 0 fully saturated rings. The van der Waals surface area contributed by atoms with E-state index in [2.05, 4.69) is 16.0 Å². The van der Waals surface area contributed by atoms with Gasteiger partial charge in [-0.1, -0.05) is 19.1 Å². The van der Waals surface area contributed by atoms with Gasteiger partial charge in [-0.15, -0.1) is 0 Å². The molecule has 24 heavy (non-hydrogen) atoms. The average molecular weight is 335 g/mol. The maximum Gasteiger partial charge on any atom is 0.408 e. The molecule has 1 aromatic carbocycles. The number of anilines is 1. The van der Waals surface area contributed by atoms with Crippen LogP contribution in [0.2, 0.25) is 0 Å². The van der Waals surface area contributed by atoms with Gasteiger partial charge in [-0.25, -0.2) is 4.79 Å². The van der Waals surface area contributed by atoms with Gasteiger partial charge in [0.2, 0.25) is 11.8 Å². The third-order valence-corrected chi connectivity index (χ3v) is 2.84. The molecule has 3 amide bonds. The van der Waals surface area contributed by atoms with Crippen molar-refractivity contribution in [1.82, 2.24) is 10.6 Å². The van der Waals surface area contributed by atoms with Gasteiger partial charge in [0.1, 0.15) is 12.1 Å². The standard InChI is InChI=1S/C17H25N3O4/c1-5-14(21)18-10-12-6-8-13(9-7-12)20-15(22)11-19-16(23)24-17(2,3)4/h6-9H,5,10-11H2,1-4H3,(H,18,21)(H,19,23)(H,20,22). The molecule has 0 spiro atoms. The molecule has 0 atom stereocenters. The molecule has 3 N–H and O–H groups in total. The highest BCUT2D eigenvalue weighted by molar-refractivity contribution is 5.93. The van der Waals surface area contributed by atoms with Crippen molar-refractivity contribution in [3.05, 3.63) is 29.8 Å². The summed E-state index contributed by atoms with van der Waals surface area (Å²) < 4.78 is 5.04. The normalized spacial score (nSPS) is 10.7. The summed E-state index contributed by atoms with van der Waals surface area (Å²) in [6.45, 7) is 7.30. The fourth-order valence-electron chi connectivity index (χ4n) is 1.70. The Labute approximate surface area is 142 Å². The molecular formula is C17H25N3O4. The molecule has 132 valence electrons. The molecule has 0 aliphatic rings. The summed E-state index contributed by atoms with van der Waals surface area (Å²) in [7, 11) is 0. The number of hydrogen-bond acceptors (Lipinski definition) is 4. The van der Waals surface area contributed by atoms with E-state index in [1.807, 2.05) is 12.1 Å². The van der Waals surface area contributed by atoms with Crippen molar-refractivity contribution in [2.24, 2.45) is 0 Å². The summed E-state index contributed by atoms with van der Waals surface area (Å²) in [6.07, 6.45) is -0.196. The zero-order chi connectivity index (χ0) is 18.2. The summed E-state index contributed by atoms with van der Waals surface area (Å²) in [4.78, 5) is 34.4. The van der Waals surface area contributed by atoms with E-state index < -0.39 is 11.7 Å². The third-order valence-electron chi connectivity index (χ3n) is 2.84. The van der Waals surface area contributed by atoms with Crippen molar-refractivity contribution in [2.45, 2.75) is 46.3 Å². The van der Waals surface area contributed by atoms with Crippen LogP contribution in [0.5, 0.6) is 0 Å². The summed E-state index contributed by atoms with van der Waals surface area (Å²) in [5.74, 6) is -0.367. The Balaban J connectivity index is 2.39. The van der Waals surface area contributed by atoms with Crippen molar-refractivity contribution in [3.8, 4) is 0 Å². The molecule has 0 aliphatic heterocycles. The molecule has 1 aromatic rings. The first kappa shape index (κ1) is 19.5. The monoisotopic (exact) mass is 335 g/mol. The van der Waals surface area contributed by atoms with Gasteiger partial charge in [-0.3, -0.25) is 9.59 Å². The Bertz CT molecular complexity index is 576. The maximum atomic E-state index is 11.8. The summed E-state index contributed by atoms with van der Waals surface area (Å²) in [6, 6.07) is 7.09. The average Bonchev–Trinajstić information content (AvgIpc) is 2.50.